The van der Waals surface area contributed by atoms with Crippen molar-refractivity contribution in [1.29, 1.82) is 0 Å². The molecule has 0 aliphatic heterocycles. The second kappa shape index (κ2) is 32.2. The zero-order valence-electron chi connectivity index (χ0n) is 74.5. The van der Waals surface area contributed by atoms with Crippen molar-refractivity contribution in [2.24, 2.45) is 21.1 Å². The van der Waals surface area contributed by atoms with Crippen LogP contribution in [-0.2, 0) is 21.1 Å². The van der Waals surface area contributed by atoms with E-state index in [1.54, 1.807) is 13.0 Å². The lowest BCUT2D eigenvalue weighted by Gasteiger charge is -2.29. The fraction of sp³-hybridized carbons (Fsp3) is 0.139. The van der Waals surface area contributed by atoms with Crippen molar-refractivity contribution in [3.8, 4) is 33.8 Å². The van der Waals surface area contributed by atoms with Crippen molar-refractivity contribution in [3.63, 3.8) is 0 Å². The molecule has 6 heterocycles. The van der Waals surface area contributed by atoms with E-state index < -0.39 is 24.2 Å². The first kappa shape index (κ1) is 82.1. The number of hydrogen-bond donors (Lipinski definition) is 0. The molecule has 0 bridgehead atoms. The smallest absolute Gasteiger partial charge is 0.217 e. The van der Waals surface area contributed by atoms with E-state index >= 15 is 0 Å². The van der Waals surface area contributed by atoms with E-state index in [1.165, 1.54) is 164 Å². The van der Waals surface area contributed by atoms with Crippen molar-refractivity contribution >= 4 is 169 Å². The van der Waals surface area contributed by atoms with E-state index in [0.29, 0.717) is 16.7 Å². The molecule has 0 N–H and O–H groups in total. The highest BCUT2D eigenvalue weighted by atomic mass is 28.3. The Morgan fingerprint density at radius 3 is 0.865 bits per heavy atom. The van der Waals surface area contributed by atoms with E-state index in [2.05, 4.69) is 408 Å². The molecule has 11 heteroatoms. The van der Waals surface area contributed by atoms with E-state index in [9.17, 15) is 8.78 Å². The van der Waals surface area contributed by atoms with Gasteiger partial charge in [0.1, 0.15) is 90.5 Å². The Kier molecular flexibility index (Phi) is 21.0. The first-order chi connectivity index (χ1) is 60.8. The van der Waals surface area contributed by atoms with E-state index in [1.807, 2.05) is 18.2 Å². The molecule has 618 valence electrons. The van der Waals surface area contributed by atoms with Gasteiger partial charge in [0.25, 0.3) is 0 Å². The van der Waals surface area contributed by atoms with Gasteiger partial charge in [-0.05, 0) is 233 Å². The fourth-order valence-corrected chi connectivity index (χ4v) is 30.9. The van der Waals surface area contributed by atoms with Gasteiger partial charge in [0.2, 0.25) is 33.6 Å². The van der Waals surface area contributed by atoms with E-state index in [0.717, 1.165) is 66.4 Å². The lowest BCUT2D eigenvalue weighted by atomic mass is 9.94. The Balaban J connectivity index is 0.000000123. The van der Waals surface area contributed by atoms with Gasteiger partial charge in [0.15, 0.2) is 0 Å². The number of halogens is 2. The summed E-state index contributed by atoms with van der Waals surface area (Å²) in [4.78, 5) is 0. The Hall–Kier alpha value is -13.6. The van der Waals surface area contributed by atoms with Crippen molar-refractivity contribution in [2.75, 3.05) is 0 Å². The minimum atomic E-state index is -2.25. The Labute approximate surface area is 738 Å². The van der Waals surface area contributed by atoms with Crippen LogP contribution in [0.1, 0.15) is 55.6 Å². The van der Waals surface area contributed by atoms with Gasteiger partial charge >= 0.3 is 0 Å². The van der Waals surface area contributed by atoms with Gasteiger partial charge in [0.05, 0.1) is 16.7 Å². The van der Waals surface area contributed by atoms with Gasteiger partial charge in [0, 0.05) is 96.5 Å². The van der Waals surface area contributed by atoms with Crippen LogP contribution in [0.3, 0.4) is 0 Å². The molecule has 126 heavy (non-hydrogen) atoms. The molecule has 0 amide bonds. The molecule has 6 nitrogen and oxygen atoms in total. The third kappa shape index (κ3) is 13.6. The van der Waals surface area contributed by atoms with Crippen molar-refractivity contribution in [2.45, 2.75) is 88.9 Å². The molecule has 0 aliphatic carbocycles. The number of hydrogen-bond acceptors (Lipinski definition) is 3. The van der Waals surface area contributed by atoms with Crippen LogP contribution in [0.15, 0.2) is 341 Å². The highest BCUT2D eigenvalue weighted by Gasteiger charge is 2.40. The monoisotopic (exact) mass is 1690 g/mol. The molecule has 0 aliphatic rings. The number of aryl methyl sites for hydroxylation is 10. The second-order valence-electron chi connectivity index (χ2n) is 35.3. The standard InChI is InChI=1S/C39H35FNOSi.C38H33FNOSi.C38H34NOSi/c1-24-21-33-31-18-19-34(40)27(4)38(31)42-39(33)37(26(24)3)36-22-25(2)32-23-30(17-20-35(32)41(36)5)43(6,28-13-9-7-10-14-28)29-15-11-8-12-16-29;1-24-20-33-31-18-16-27(39)22-36(31)41-38(33)37(26(24)3)35-21-25(2)32-23-30(17-19-34(32)40(35)4)42(5,28-12-8-6-9-13-28)29-14-10-7-11-15-29;1-25-22-33-31-18-12-13-19-36(31)40-38(33)37(27(25)3)35-23-26(2)32-24-30(20-21-34(32)39(35)4)41(5,28-14-8-6-9-15-28)29-16-10-7-11-17-29/h7-23H,1-6H3;6-23H,1-5H3;6-24H,1-5H3/q3*+1. The highest BCUT2D eigenvalue weighted by molar-refractivity contribution is 7.12. The molecule has 0 spiro atoms. The number of aromatic nitrogens is 3. The fourth-order valence-electron chi connectivity index (χ4n) is 20.2. The van der Waals surface area contributed by atoms with Crippen LogP contribution in [0.2, 0.25) is 19.6 Å². The van der Waals surface area contributed by atoms with Gasteiger partial charge in [-0.2, -0.15) is 13.7 Å². The van der Waals surface area contributed by atoms with Crippen molar-refractivity contribution < 1.29 is 35.7 Å². The topological polar surface area (TPSA) is 51.1 Å². The van der Waals surface area contributed by atoms with Crippen LogP contribution >= 0.6 is 0 Å². The molecule has 21 aromatic rings. The van der Waals surface area contributed by atoms with Gasteiger partial charge in [-0.25, -0.2) is 8.78 Å². The van der Waals surface area contributed by atoms with Gasteiger partial charge in [-0.3, -0.25) is 0 Å². The van der Waals surface area contributed by atoms with E-state index in [-0.39, 0.29) is 11.6 Å². The van der Waals surface area contributed by atoms with Crippen LogP contribution in [0.25, 0.3) is 132 Å². The molecule has 0 fully saturated rings. The van der Waals surface area contributed by atoms with Crippen molar-refractivity contribution in [3.05, 3.63) is 395 Å². The number of pyridine rings is 3. The Morgan fingerprint density at radius 1 is 0.222 bits per heavy atom. The third-order valence-corrected chi connectivity index (χ3v) is 41.5. The number of furan rings is 3. The van der Waals surface area contributed by atoms with Crippen LogP contribution < -0.4 is 60.4 Å². The van der Waals surface area contributed by atoms with Gasteiger partial charge < -0.3 is 13.3 Å². The molecule has 0 radical (unpaired) electrons. The summed E-state index contributed by atoms with van der Waals surface area (Å²) in [6.45, 7) is 28.9. The summed E-state index contributed by atoms with van der Waals surface area (Å²) in [6.07, 6.45) is 0. The van der Waals surface area contributed by atoms with Crippen LogP contribution in [-0.4, -0.2) is 24.2 Å². The minimum Gasteiger partial charge on any atom is -0.455 e. The maximum absolute atomic E-state index is 14.5. The number of nitrogens with zero attached hydrogens (tertiary/aromatic N) is 3. The summed E-state index contributed by atoms with van der Waals surface area (Å²) in [5.74, 6) is -0.535. The molecule has 0 saturated heterocycles. The quantitative estimate of drug-likeness (QED) is 0.0696. The summed E-state index contributed by atoms with van der Waals surface area (Å²) in [7, 11) is -0.231. The molecule has 21 rings (SSSR count). The van der Waals surface area contributed by atoms with Crippen LogP contribution in [0.4, 0.5) is 8.78 Å². The maximum atomic E-state index is 14.5. The van der Waals surface area contributed by atoms with E-state index in [4.69, 9.17) is 13.3 Å². The Bertz CT molecular complexity index is 7800. The number of para-hydroxylation sites is 1. The molecular weight excluding hydrogens is 1590 g/mol. The average Bonchev–Trinajstić information content (AvgIpc) is 1.15. The SMILES string of the molecule is Cc1cc2c(oc3c(C)c(F)ccc32)c(-c2cc(C)c3cc([Si](C)(c4ccccc4)c4ccccc4)ccc3[n+]2C)c1C.Cc1cc2c(oc3cc(F)ccc32)c(-c2cc(C)c3cc([Si](C)(c4ccccc4)c4ccccc4)ccc3[n+]2C)c1C.Cc1cc2c(oc3ccccc32)c(-c2cc(C)c3cc([Si](C)(c4ccccc4)c4ccccc4)ccc3[n+]2C)c1C. The van der Waals surface area contributed by atoms with Crippen LogP contribution in [0, 0.1) is 80.9 Å². The summed E-state index contributed by atoms with van der Waals surface area (Å²) < 4.78 is 55.0. The molecule has 0 unspecified atom stereocenters. The molecule has 15 aromatic carbocycles. The van der Waals surface area contributed by atoms with Crippen LogP contribution in [0.5, 0.6) is 0 Å². The predicted octanol–water partition coefficient (Wildman–Crippen LogP) is 22.4. The first-order valence-electron chi connectivity index (χ1n) is 43.7. The summed E-state index contributed by atoms with van der Waals surface area (Å²) in [5.41, 5.74) is 26.5. The zero-order valence-corrected chi connectivity index (χ0v) is 77.5. The molecule has 0 saturated carbocycles. The number of benzene rings is 15. The minimum absolute atomic E-state index is 0.244. The summed E-state index contributed by atoms with van der Waals surface area (Å²) >= 11 is 0. The lowest BCUT2D eigenvalue weighted by molar-refractivity contribution is -0.633. The normalized spacial score (nSPS) is 12.0. The Morgan fingerprint density at radius 2 is 0.516 bits per heavy atom. The second-order valence-corrected chi connectivity index (χ2v) is 47.2. The zero-order chi connectivity index (χ0) is 87.5. The third-order valence-electron chi connectivity index (χ3n) is 28.2. The maximum Gasteiger partial charge on any atom is 0.217 e. The first-order valence-corrected chi connectivity index (χ1v) is 51.2. The van der Waals surface area contributed by atoms with Gasteiger partial charge in [-0.1, -0.05) is 238 Å². The molecule has 6 aromatic heterocycles. The van der Waals surface area contributed by atoms with Crippen molar-refractivity contribution in [1.82, 2.24) is 0 Å². The lowest BCUT2D eigenvalue weighted by Crippen LogP contribution is -2.64. The summed E-state index contributed by atoms with van der Waals surface area (Å²) in [5, 5.41) is 22.7. The van der Waals surface area contributed by atoms with Gasteiger partial charge in [-0.15, -0.1) is 0 Å². The highest BCUT2D eigenvalue weighted by Crippen LogP contribution is 2.44. The number of rotatable bonds is 12. The summed E-state index contributed by atoms with van der Waals surface area (Å²) in [6, 6.07) is 117. The largest absolute Gasteiger partial charge is 0.455 e. The number of fused-ring (bicyclic) bond motifs is 12. The predicted molar refractivity (Wildman–Crippen MR) is 531 cm³/mol. The average molecular weight is 1700 g/mol. The molecule has 0 atom stereocenters. The molecular formula is C115H102F2N3O3Si3+3.